The first-order chi connectivity index (χ1) is 7.51. The number of nitrogens with zero attached hydrogens (tertiary/aromatic N) is 1. The number of carbonyl (C=O) groups is 3. The zero-order valence-electron chi connectivity index (χ0n) is 9.65. The molecule has 3 amide bonds. The van der Waals surface area contributed by atoms with Crippen LogP contribution in [0.25, 0.3) is 0 Å². The lowest BCUT2D eigenvalue weighted by Gasteiger charge is -2.09. The Bertz CT molecular complexity index is 299. The summed E-state index contributed by atoms with van der Waals surface area (Å²) < 4.78 is 0. The molecule has 16 heavy (non-hydrogen) atoms. The largest absolute Gasteiger partial charge is 0.293 e. The van der Waals surface area contributed by atoms with E-state index < -0.39 is 11.8 Å². The third-order valence-corrected chi connectivity index (χ3v) is 1.70. The molecule has 0 aromatic heterocycles. The highest BCUT2D eigenvalue weighted by atomic mass is 16.7. The van der Waals surface area contributed by atoms with Crippen LogP contribution in [-0.4, -0.2) is 36.9 Å². The smallest absolute Gasteiger partial charge is 0.270 e. The minimum absolute atomic E-state index is 0.283. The van der Waals surface area contributed by atoms with Crippen molar-refractivity contribution in [3.8, 4) is 0 Å². The van der Waals surface area contributed by atoms with Crippen LogP contribution in [0.1, 0.15) is 19.8 Å². The van der Waals surface area contributed by atoms with Gasteiger partial charge in [-0.15, -0.1) is 0 Å². The number of imide groups is 1. The van der Waals surface area contributed by atoms with Gasteiger partial charge in [0.2, 0.25) is 5.91 Å². The van der Waals surface area contributed by atoms with Crippen LogP contribution in [0.3, 0.4) is 0 Å². The maximum absolute atomic E-state index is 11.1. The van der Waals surface area contributed by atoms with Crippen molar-refractivity contribution in [3.63, 3.8) is 0 Å². The molecule has 0 heterocycles. The molecule has 0 spiro atoms. The molecule has 0 unspecified atom stereocenters. The maximum atomic E-state index is 11.1. The van der Waals surface area contributed by atoms with Gasteiger partial charge >= 0.3 is 0 Å². The number of hydrogen-bond donors (Lipinski definition) is 1. The van der Waals surface area contributed by atoms with Gasteiger partial charge in [0.25, 0.3) is 11.8 Å². The van der Waals surface area contributed by atoms with Gasteiger partial charge in [0, 0.05) is 25.6 Å². The van der Waals surface area contributed by atoms with Crippen LogP contribution in [-0.2, 0) is 19.2 Å². The number of amides is 3. The lowest BCUT2D eigenvalue weighted by molar-refractivity contribution is -0.162. The normalized spacial score (nSPS) is 10.2. The molecule has 0 aromatic rings. The summed E-state index contributed by atoms with van der Waals surface area (Å²) in [6.45, 7) is 1.83. The third-order valence-electron chi connectivity index (χ3n) is 1.70. The predicted molar refractivity (Wildman–Crippen MR) is 57.0 cm³/mol. The Labute approximate surface area is 94.2 Å². The first-order valence-corrected chi connectivity index (χ1v) is 4.85. The topological polar surface area (TPSA) is 75.7 Å². The molecule has 6 heteroatoms. The lowest BCUT2D eigenvalue weighted by Crippen LogP contribution is -2.29. The SMILES string of the molecule is CCCC(=O)NC(=O)/C=C/C(=O)N(C)OC. The number of hydrogen-bond acceptors (Lipinski definition) is 4. The molecular weight excluding hydrogens is 212 g/mol. The van der Waals surface area contributed by atoms with E-state index in [0.717, 1.165) is 17.2 Å². The minimum Gasteiger partial charge on any atom is -0.293 e. The van der Waals surface area contributed by atoms with Gasteiger partial charge in [-0.1, -0.05) is 6.92 Å². The molecule has 0 radical (unpaired) electrons. The van der Waals surface area contributed by atoms with Crippen molar-refractivity contribution in [2.45, 2.75) is 19.8 Å². The molecule has 0 atom stereocenters. The average molecular weight is 228 g/mol. The van der Waals surface area contributed by atoms with Crippen molar-refractivity contribution in [2.24, 2.45) is 0 Å². The van der Waals surface area contributed by atoms with E-state index in [1.54, 1.807) is 0 Å². The molecule has 0 rings (SSSR count). The van der Waals surface area contributed by atoms with Crippen molar-refractivity contribution in [1.82, 2.24) is 10.4 Å². The second-order valence-corrected chi connectivity index (χ2v) is 3.01. The van der Waals surface area contributed by atoms with E-state index in [-0.39, 0.29) is 12.3 Å². The number of likely N-dealkylation sites (N-methyl/N-ethyl adjacent to an activating group) is 1. The summed E-state index contributed by atoms with van der Waals surface area (Å²) in [5, 5.41) is 3.07. The molecule has 0 aliphatic rings. The first kappa shape index (κ1) is 14.3. The number of nitrogens with one attached hydrogen (secondary N) is 1. The summed E-state index contributed by atoms with van der Waals surface area (Å²) >= 11 is 0. The molecule has 1 N–H and O–H groups in total. The summed E-state index contributed by atoms with van der Waals surface area (Å²) in [5.41, 5.74) is 0. The van der Waals surface area contributed by atoms with E-state index in [1.807, 2.05) is 6.92 Å². The Morgan fingerprint density at radius 1 is 1.31 bits per heavy atom. The number of rotatable bonds is 5. The Morgan fingerprint density at radius 2 is 1.94 bits per heavy atom. The van der Waals surface area contributed by atoms with Crippen LogP contribution in [0.4, 0.5) is 0 Å². The monoisotopic (exact) mass is 228 g/mol. The molecule has 0 aliphatic carbocycles. The average Bonchev–Trinajstić information content (AvgIpc) is 2.24. The molecule has 0 aliphatic heterocycles. The van der Waals surface area contributed by atoms with E-state index in [0.29, 0.717) is 6.42 Å². The van der Waals surface area contributed by atoms with Crippen LogP contribution in [0.15, 0.2) is 12.2 Å². The molecule has 6 nitrogen and oxygen atoms in total. The summed E-state index contributed by atoms with van der Waals surface area (Å²) in [6.07, 6.45) is 2.96. The van der Waals surface area contributed by atoms with Gasteiger partial charge in [-0.25, -0.2) is 5.06 Å². The van der Waals surface area contributed by atoms with E-state index in [4.69, 9.17) is 0 Å². The Kier molecular flexibility index (Phi) is 6.78. The Hall–Kier alpha value is -1.69. The first-order valence-electron chi connectivity index (χ1n) is 4.85. The number of hydroxylamine groups is 2. The van der Waals surface area contributed by atoms with Crippen LogP contribution < -0.4 is 5.32 Å². The minimum atomic E-state index is -0.615. The van der Waals surface area contributed by atoms with Gasteiger partial charge in [0.05, 0.1) is 7.11 Å². The van der Waals surface area contributed by atoms with Crippen LogP contribution >= 0.6 is 0 Å². The molecule has 90 valence electrons. The van der Waals surface area contributed by atoms with Crippen molar-refractivity contribution >= 4 is 17.7 Å². The lowest BCUT2D eigenvalue weighted by atomic mass is 10.3. The summed E-state index contributed by atoms with van der Waals surface area (Å²) in [6, 6.07) is 0. The molecule has 0 fully saturated rings. The zero-order valence-corrected chi connectivity index (χ0v) is 9.65. The van der Waals surface area contributed by atoms with E-state index in [9.17, 15) is 14.4 Å². The van der Waals surface area contributed by atoms with Crippen LogP contribution in [0.2, 0.25) is 0 Å². The maximum Gasteiger partial charge on any atom is 0.270 e. The van der Waals surface area contributed by atoms with Gasteiger partial charge in [-0.05, 0) is 6.42 Å². The Morgan fingerprint density at radius 3 is 2.44 bits per heavy atom. The highest BCUT2D eigenvalue weighted by Crippen LogP contribution is 1.88. The zero-order chi connectivity index (χ0) is 12.6. The summed E-state index contributed by atoms with van der Waals surface area (Å²) in [4.78, 5) is 37.9. The quantitative estimate of drug-likeness (QED) is 0.531. The fraction of sp³-hybridized carbons (Fsp3) is 0.500. The highest BCUT2D eigenvalue weighted by molar-refractivity contribution is 6.03. The summed E-state index contributed by atoms with van der Waals surface area (Å²) in [7, 11) is 2.74. The molecule has 0 saturated carbocycles. The molecular formula is C10H16N2O4. The third kappa shape index (κ3) is 5.92. The fourth-order valence-corrected chi connectivity index (χ4v) is 0.811. The highest BCUT2D eigenvalue weighted by Gasteiger charge is 2.06. The van der Waals surface area contributed by atoms with Gasteiger partial charge < -0.3 is 0 Å². The second kappa shape index (κ2) is 7.58. The Balaban J connectivity index is 4.09. The van der Waals surface area contributed by atoms with Crippen molar-refractivity contribution in [2.75, 3.05) is 14.2 Å². The molecule has 0 saturated heterocycles. The molecule has 0 bridgehead atoms. The van der Waals surface area contributed by atoms with Crippen LogP contribution in [0, 0.1) is 0 Å². The van der Waals surface area contributed by atoms with Gasteiger partial charge in [0.15, 0.2) is 0 Å². The predicted octanol–water partition coefficient (Wildman–Crippen LogP) is 0.00530. The van der Waals surface area contributed by atoms with Crippen molar-refractivity contribution in [3.05, 3.63) is 12.2 Å². The van der Waals surface area contributed by atoms with Gasteiger partial charge in [-0.2, -0.15) is 0 Å². The van der Waals surface area contributed by atoms with Gasteiger partial charge in [0.1, 0.15) is 0 Å². The number of carbonyl (C=O) groups excluding carboxylic acids is 3. The summed E-state index contributed by atoms with van der Waals surface area (Å²) in [5.74, 6) is -1.46. The fourth-order valence-electron chi connectivity index (χ4n) is 0.811. The van der Waals surface area contributed by atoms with E-state index in [1.165, 1.54) is 14.2 Å². The standard InChI is InChI=1S/C10H16N2O4/c1-4-5-8(13)11-9(14)6-7-10(15)12(2)16-3/h6-7H,4-5H2,1-3H3,(H,11,13,14)/b7-6+. The van der Waals surface area contributed by atoms with E-state index >= 15 is 0 Å². The van der Waals surface area contributed by atoms with Crippen LogP contribution in [0.5, 0.6) is 0 Å². The second-order valence-electron chi connectivity index (χ2n) is 3.01. The van der Waals surface area contributed by atoms with Gasteiger partial charge in [-0.3, -0.25) is 24.5 Å². The van der Waals surface area contributed by atoms with E-state index in [2.05, 4.69) is 10.2 Å². The molecule has 0 aromatic carbocycles. The van der Waals surface area contributed by atoms with Crippen molar-refractivity contribution < 1.29 is 19.2 Å². The van der Waals surface area contributed by atoms with Crippen molar-refractivity contribution in [1.29, 1.82) is 0 Å².